The van der Waals surface area contributed by atoms with Crippen LogP contribution in [0.2, 0.25) is 0 Å². The molecule has 0 aliphatic carbocycles. The second-order valence-corrected chi connectivity index (χ2v) is 13.0. The highest BCUT2D eigenvalue weighted by Crippen LogP contribution is 2.28. The van der Waals surface area contributed by atoms with Crippen LogP contribution in [0.15, 0.2) is 0 Å². The molecule has 0 aromatic heterocycles. The summed E-state index contributed by atoms with van der Waals surface area (Å²) in [5, 5.41) is 7.57. The first kappa shape index (κ1) is 36.9. The molecule has 0 saturated carbocycles. The molecular formula is C35H74N4. The Balaban J connectivity index is 2.66. The molecule has 1 aliphatic heterocycles. The third-order valence-electron chi connectivity index (χ3n) is 9.31. The van der Waals surface area contributed by atoms with Crippen molar-refractivity contribution in [2.45, 2.75) is 186 Å². The quantitative estimate of drug-likeness (QED) is 0.0813. The van der Waals surface area contributed by atoms with E-state index in [4.69, 9.17) is 5.73 Å². The lowest BCUT2D eigenvalue weighted by Crippen LogP contribution is -2.58. The van der Waals surface area contributed by atoms with Gasteiger partial charge >= 0.3 is 0 Å². The number of rotatable bonds is 29. The second-order valence-electron chi connectivity index (χ2n) is 13.0. The van der Waals surface area contributed by atoms with Gasteiger partial charge in [-0.15, -0.1) is 0 Å². The van der Waals surface area contributed by atoms with Gasteiger partial charge in [0.15, 0.2) is 0 Å². The molecule has 0 amide bonds. The smallest absolute Gasteiger partial charge is 0.0309 e. The van der Waals surface area contributed by atoms with Crippen LogP contribution in [0.1, 0.15) is 175 Å². The summed E-state index contributed by atoms with van der Waals surface area (Å²) in [4.78, 5) is 2.62. The van der Waals surface area contributed by atoms with Crippen LogP contribution in [0.3, 0.4) is 0 Å². The predicted molar refractivity (Wildman–Crippen MR) is 176 cm³/mol. The van der Waals surface area contributed by atoms with Gasteiger partial charge in [0.25, 0.3) is 0 Å². The van der Waals surface area contributed by atoms with Crippen LogP contribution in [0.25, 0.3) is 0 Å². The lowest BCUT2D eigenvalue weighted by molar-refractivity contribution is 0.204. The van der Waals surface area contributed by atoms with Gasteiger partial charge in [-0.05, 0) is 19.3 Å². The van der Waals surface area contributed by atoms with Crippen LogP contribution in [-0.2, 0) is 0 Å². The molecule has 1 aliphatic rings. The Hall–Kier alpha value is -0.160. The van der Waals surface area contributed by atoms with Crippen molar-refractivity contribution in [3.8, 4) is 0 Å². The number of hydrogen-bond donors (Lipinski definition) is 3. The van der Waals surface area contributed by atoms with Crippen LogP contribution >= 0.6 is 0 Å². The molecule has 4 N–H and O–H groups in total. The van der Waals surface area contributed by atoms with E-state index in [-0.39, 0.29) is 5.54 Å². The minimum atomic E-state index is -0.0432. The molecule has 0 radical (unpaired) electrons. The van der Waals surface area contributed by atoms with Crippen molar-refractivity contribution in [2.24, 2.45) is 5.73 Å². The average Bonchev–Trinajstić information content (AvgIpc) is 2.95. The third-order valence-corrected chi connectivity index (χ3v) is 9.31. The number of hydrogen-bond acceptors (Lipinski definition) is 4. The summed E-state index contributed by atoms with van der Waals surface area (Å²) in [5.74, 6) is 0. The molecular weight excluding hydrogens is 476 g/mol. The molecule has 1 heterocycles. The highest BCUT2D eigenvalue weighted by molar-refractivity contribution is 4.96. The second kappa shape index (κ2) is 26.7. The summed E-state index contributed by atoms with van der Waals surface area (Å²) < 4.78 is 0. The normalized spacial score (nSPS) is 15.7. The Labute approximate surface area is 246 Å². The fourth-order valence-corrected chi connectivity index (χ4v) is 6.53. The molecule has 0 aromatic carbocycles. The van der Waals surface area contributed by atoms with Crippen molar-refractivity contribution in [3.63, 3.8) is 0 Å². The standard InChI is InChI=1S/C35H74N4/c1-4-7-10-13-16-19-22-25-34(38-30-33-39-31-28-37-29-32-39)35(36,26-23-20-17-14-11-8-5-2)27-24-21-18-15-12-9-6-3/h34,37-38H,4-33,36H2,1-3H3. The predicted octanol–water partition coefficient (Wildman–Crippen LogP) is 8.97. The molecule has 4 nitrogen and oxygen atoms in total. The van der Waals surface area contributed by atoms with Crippen LogP contribution in [0.5, 0.6) is 0 Å². The Bertz CT molecular complexity index is 473. The summed E-state index contributed by atoms with van der Waals surface area (Å²) in [6, 6.07) is 0.469. The largest absolute Gasteiger partial charge is 0.324 e. The number of piperazine rings is 1. The lowest BCUT2D eigenvalue weighted by Gasteiger charge is -2.40. The van der Waals surface area contributed by atoms with Crippen molar-refractivity contribution in [3.05, 3.63) is 0 Å². The maximum atomic E-state index is 7.48. The van der Waals surface area contributed by atoms with Crippen molar-refractivity contribution in [1.82, 2.24) is 15.5 Å². The fourth-order valence-electron chi connectivity index (χ4n) is 6.53. The van der Waals surface area contributed by atoms with Gasteiger partial charge in [0, 0.05) is 50.8 Å². The Morgan fingerprint density at radius 3 is 1.49 bits per heavy atom. The molecule has 1 rings (SSSR count). The zero-order valence-electron chi connectivity index (χ0n) is 27.3. The topological polar surface area (TPSA) is 53.3 Å². The highest BCUT2D eigenvalue weighted by atomic mass is 15.2. The molecule has 1 saturated heterocycles. The summed E-state index contributed by atoms with van der Waals surface area (Å²) in [6.45, 7) is 13.8. The van der Waals surface area contributed by atoms with E-state index in [1.165, 1.54) is 174 Å². The van der Waals surface area contributed by atoms with E-state index in [1.54, 1.807) is 0 Å². The van der Waals surface area contributed by atoms with Crippen molar-refractivity contribution >= 4 is 0 Å². The van der Waals surface area contributed by atoms with Gasteiger partial charge in [0.1, 0.15) is 0 Å². The number of nitrogens with two attached hydrogens (primary N) is 1. The van der Waals surface area contributed by atoms with Gasteiger partial charge in [-0.3, -0.25) is 4.90 Å². The molecule has 0 aromatic rings. The maximum absolute atomic E-state index is 7.48. The van der Waals surface area contributed by atoms with Crippen LogP contribution in [0, 0.1) is 0 Å². The fraction of sp³-hybridized carbons (Fsp3) is 1.00. The Kier molecular flexibility index (Phi) is 25.3. The van der Waals surface area contributed by atoms with Crippen LogP contribution in [0.4, 0.5) is 0 Å². The number of nitrogens with one attached hydrogen (secondary N) is 2. The molecule has 1 fully saturated rings. The summed E-state index contributed by atoms with van der Waals surface area (Å²) in [5.41, 5.74) is 7.44. The zero-order valence-corrected chi connectivity index (χ0v) is 27.3. The average molecular weight is 551 g/mol. The molecule has 234 valence electrons. The first-order valence-corrected chi connectivity index (χ1v) is 18.1. The van der Waals surface area contributed by atoms with E-state index >= 15 is 0 Å². The first-order chi connectivity index (χ1) is 19.2. The minimum absolute atomic E-state index is 0.0432. The minimum Gasteiger partial charge on any atom is -0.324 e. The number of nitrogens with zero attached hydrogens (tertiary/aromatic N) is 1. The van der Waals surface area contributed by atoms with Crippen molar-refractivity contribution in [2.75, 3.05) is 39.3 Å². The molecule has 1 atom stereocenters. The van der Waals surface area contributed by atoms with Gasteiger partial charge < -0.3 is 16.4 Å². The van der Waals surface area contributed by atoms with Crippen molar-refractivity contribution < 1.29 is 0 Å². The van der Waals surface area contributed by atoms with E-state index < -0.39 is 0 Å². The summed E-state index contributed by atoms with van der Waals surface area (Å²) >= 11 is 0. The maximum Gasteiger partial charge on any atom is 0.0309 e. The van der Waals surface area contributed by atoms with Gasteiger partial charge in [0.2, 0.25) is 0 Å². The SMILES string of the molecule is CCCCCCCCCC(NCCN1CCNCC1)C(N)(CCCCCCCCC)CCCCCCCCC. The van der Waals surface area contributed by atoms with E-state index in [9.17, 15) is 0 Å². The van der Waals surface area contributed by atoms with Crippen LogP contribution < -0.4 is 16.4 Å². The Morgan fingerprint density at radius 2 is 1.03 bits per heavy atom. The van der Waals surface area contributed by atoms with Crippen molar-refractivity contribution in [1.29, 1.82) is 0 Å². The highest BCUT2D eigenvalue weighted by Gasteiger charge is 2.33. The number of unbranched alkanes of at least 4 members (excludes halogenated alkanes) is 18. The lowest BCUT2D eigenvalue weighted by atomic mass is 9.78. The zero-order chi connectivity index (χ0) is 28.3. The van der Waals surface area contributed by atoms with Gasteiger partial charge in [-0.1, -0.05) is 156 Å². The van der Waals surface area contributed by atoms with E-state index in [2.05, 4.69) is 36.3 Å². The monoisotopic (exact) mass is 551 g/mol. The van der Waals surface area contributed by atoms with Crippen LogP contribution in [-0.4, -0.2) is 55.7 Å². The molecule has 4 heteroatoms. The first-order valence-electron chi connectivity index (χ1n) is 18.1. The van der Waals surface area contributed by atoms with Gasteiger partial charge in [-0.25, -0.2) is 0 Å². The van der Waals surface area contributed by atoms with E-state index in [1.807, 2.05) is 0 Å². The summed E-state index contributed by atoms with van der Waals surface area (Å²) in [6.07, 6.45) is 32.6. The Morgan fingerprint density at radius 1 is 0.615 bits per heavy atom. The summed E-state index contributed by atoms with van der Waals surface area (Å²) in [7, 11) is 0. The third kappa shape index (κ3) is 20.4. The van der Waals surface area contributed by atoms with Gasteiger partial charge in [-0.2, -0.15) is 0 Å². The van der Waals surface area contributed by atoms with E-state index in [0.717, 1.165) is 19.6 Å². The molecule has 0 spiro atoms. The van der Waals surface area contributed by atoms with E-state index in [0.29, 0.717) is 6.04 Å². The van der Waals surface area contributed by atoms with Gasteiger partial charge in [0.05, 0.1) is 0 Å². The molecule has 0 bridgehead atoms. The molecule has 1 unspecified atom stereocenters. The molecule has 39 heavy (non-hydrogen) atoms.